The second-order valence-corrected chi connectivity index (χ2v) is 6.90. The van der Waals surface area contributed by atoms with E-state index in [9.17, 15) is 4.79 Å². The number of rotatable bonds is 4. The largest absolute Gasteiger partial charge is 0.338 e. The molecule has 3 aromatic carbocycles. The van der Waals surface area contributed by atoms with Crippen LogP contribution in [0.1, 0.15) is 5.69 Å². The molecule has 4 aromatic rings. The number of urea groups is 1. The van der Waals surface area contributed by atoms with Crippen LogP contribution >= 0.6 is 11.6 Å². The minimum Gasteiger partial charge on any atom is -0.338 e. The van der Waals surface area contributed by atoms with Crippen LogP contribution in [0.5, 0.6) is 0 Å². The molecule has 0 aliphatic rings. The van der Waals surface area contributed by atoms with Crippen LogP contribution in [0.25, 0.3) is 10.8 Å². The highest BCUT2D eigenvalue weighted by atomic mass is 35.5. The van der Waals surface area contributed by atoms with Gasteiger partial charge in [-0.2, -0.15) is 5.10 Å². The van der Waals surface area contributed by atoms with E-state index in [0.29, 0.717) is 22.2 Å². The number of aryl methyl sites for hydroxylation is 1. The fourth-order valence-corrected chi connectivity index (χ4v) is 3.06. The van der Waals surface area contributed by atoms with Crippen LogP contribution in [0.15, 0.2) is 72.8 Å². The van der Waals surface area contributed by atoms with Crippen molar-refractivity contribution in [2.75, 3.05) is 16.0 Å². The fraction of sp³-hybridized carbons (Fsp3) is 0.0455. The Morgan fingerprint density at radius 2 is 1.31 bits per heavy atom. The Labute approximate surface area is 172 Å². The van der Waals surface area contributed by atoms with Gasteiger partial charge in [0.1, 0.15) is 0 Å². The first-order valence-electron chi connectivity index (χ1n) is 9.01. The zero-order chi connectivity index (χ0) is 20.2. The van der Waals surface area contributed by atoms with E-state index in [4.69, 9.17) is 11.6 Å². The third-order valence-corrected chi connectivity index (χ3v) is 4.63. The van der Waals surface area contributed by atoms with Crippen molar-refractivity contribution in [1.82, 2.24) is 10.2 Å². The number of nitrogens with one attached hydrogen (secondary N) is 3. The van der Waals surface area contributed by atoms with Gasteiger partial charge in [0, 0.05) is 32.9 Å². The van der Waals surface area contributed by atoms with Gasteiger partial charge in [-0.25, -0.2) is 4.79 Å². The van der Waals surface area contributed by atoms with Gasteiger partial charge in [0.15, 0.2) is 5.82 Å². The zero-order valence-electron chi connectivity index (χ0n) is 15.6. The summed E-state index contributed by atoms with van der Waals surface area (Å²) in [5.74, 6) is 0.687. The van der Waals surface area contributed by atoms with Gasteiger partial charge in [0.05, 0.1) is 5.69 Å². The second-order valence-electron chi connectivity index (χ2n) is 6.47. The Hall–Kier alpha value is -3.64. The maximum absolute atomic E-state index is 12.1. The second kappa shape index (κ2) is 8.16. The Morgan fingerprint density at radius 1 is 0.759 bits per heavy atom. The minimum atomic E-state index is -0.330. The minimum absolute atomic E-state index is 0.330. The van der Waals surface area contributed by atoms with E-state index in [-0.39, 0.29) is 6.03 Å². The first kappa shape index (κ1) is 18.7. The fourth-order valence-electron chi connectivity index (χ4n) is 2.93. The third-order valence-electron chi connectivity index (χ3n) is 4.38. The van der Waals surface area contributed by atoms with E-state index in [1.165, 1.54) is 0 Å². The number of carbonyl (C=O) groups excluding carboxylic acids is 1. The summed E-state index contributed by atoms with van der Waals surface area (Å²) in [7, 11) is 0. The van der Waals surface area contributed by atoms with Crippen molar-refractivity contribution in [3.05, 3.63) is 83.5 Å². The first-order chi connectivity index (χ1) is 14.1. The smallest absolute Gasteiger partial charge is 0.323 e. The Kier molecular flexibility index (Phi) is 5.27. The summed E-state index contributed by atoms with van der Waals surface area (Å²) >= 11 is 5.85. The zero-order valence-corrected chi connectivity index (χ0v) is 16.4. The molecule has 7 heteroatoms. The van der Waals surface area contributed by atoms with Crippen molar-refractivity contribution in [3.63, 3.8) is 0 Å². The number of hydrogen-bond acceptors (Lipinski definition) is 4. The lowest BCUT2D eigenvalue weighted by Gasteiger charge is -2.11. The molecule has 0 fully saturated rings. The number of benzene rings is 3. The maximum atomic E-state index is 12.1. The molecule has 0 aliphatic heterocycles. The number of fused-ring (bicyclic) bond motifs is 1. The Morgan fingerprint density at radius 3 is 1.97 bits per heavy atom. The van der Waals surface area contributed by atoms with Crippen LogP contribution in [0.2, 0.25) is 5.02 Å². The molecular weight excluding hydrogens is 386 g/mol. The topological polar surface area (TPSA) is 78.9 Å². The molecule has 0 unspecified atom stereocenters. The Balaban J connectivity index is 1.44. The summed E-state index contributed by atoms with van der Waals surface area (Å²) in [5.41, 5.74) is 3.06. The molecule has 144 valence electrons. The lowest BCUT2D eigenvalue weighted by atomic mass is 10.1. The predicted molar refractivity (Wildman–Crippen MR) is 118 cm³/mol. The van der Waals surface area contributed by atoms with E-state index >= 15 is 0 Å². The molecule has 0 saturated carbocycles. The maximum Gasteiger partial charge on any atom is 0.323 e. The number of amides is 2. The summed E-state index contributed by atoms with van der Waals surface area (Å²) in [4.78, 5) is 12.1. The lowest BCUT2D eigenvalue weighted by molar-refractivity contribution is 0.262. The van der Waals surface area contributed by atoms with Crippen LogP contribution < -0.4 is 16.0 Å². The number of carbonyl (C=O) groups is 1. The van der Waals surface area contributed by atoms with Crippen LogP contribution in [0.3, 0.4) is 0 Å². The van der Waals surface area contributed by atoms with Crippen molar-refractivity contribution in [3.8, 4) is 0 Å². The van der Waals surface area contributed by atoms with Crippen molar-refractivity contribution in [2.45, 2.75) is 6.92 Å². The molecule has 0 spiro atoms. The monoisotopic (exact) mass is 403 g/mol. The molecule has 0 radical (unpaired) electrons. The molecule has 4 rings (SSSR count). The summed E-state index contributed by atoms with van der Waals surface area (Å²) in [6.45, 7) is 1.94. The highest BCUT2D eigenvalue weighted by Gasteiger charge is 2.07. The van der Waals surface area contributed by atoms with Gasteiger partial charge in [-0.3, -0.25) is 0 Å². The van der Waals surface area contributed by atoms with Gasteiger partial charge in [-0.05, 0) is 55.5 Å². The Bertz CT molecular complexity index is 1160. The molecule has 0 atom stereocenters. The van der Waals surface area contributed by atoms with Crippen LogP contribution in [0.4, 0.5) is 27.7 Å². The van der Waals surface area contributed by atoms with Crippen molar-refractivity contribution < 1.29 is 4.79 Å². The van der Waals surface area contributed by atoms with Gasteiger partial charge < -0.3 is 16.0 Å². The lowest BCUT2D eigenvalue weighted by Crippen LogP contribution is -2.19. The molecule has 29 heavy (non-hydrogen) atoms. The van der Waals surface area contributed by atoms with Crippen LogP contribution in [-0.2, 0) is 0 Å². The number of aromatic nitrogens is 2. The van der Waals surface area contributed by atoms with E-state index in [1.807, 2.05) is 55.5 Å². The van der Waals surface area contributed by atoms with Gasteiger partial charge in [0.2, 0.25) is 0 Å². The van der Waals surface area contributed by atoms with Gasteiger partial charge in [0.25, 0.3) is 0 Å². The number of anilines is 4. The van der Waals surface area contributed by atoms with Crippen LogP contribution in [-0.4, -0.2) is 16.2 Å². The van der Waals surface area contributed by atoms with Gasteiger partial charge in [-0.1, -0.05) is 35.9 Å². The van der Waals surface area contributed by atoms with Gasteiger partial charge >= 0.3 is 6.03 Å². The molecule has 1 aromatic heterocycles. The number of hydrogen-bond donors (Lipinski definition) is 3. The summed E-state index contributed by atoms with van der Waals surface area (Å²) in [6.07, 6.45) is 0. The highest BCUT2D eigenvalue weighted by Crippen LogP contribution is 2.26. The van der Waals surface area contributed by atoms with Crippen LogP contribution in [0, 0.1) is 6.92 Å². The van der Waals surface area contributed by atoms with Crippen molar-refractivity contribution in [1.29, 1.82) is 0 Å². The summed E-state index contributed by atoms with van der Waals surface area (Å²) in [6, 6.07) is 21.9. The normalized spacial score (nSPS) is 10.6. The summed E-state index contributed by atoms with van der Waals surface area (Å²) < 4.78 is 0. The average Bonchev–Trinajstić information content (AvgIpc) is 2.73. The molecule has 0 bridgehead atoms. The molecule has 0 saturated heterocycles. The first-order valence-corrected chi connectivity index (χ1v) is 9.39. The molecule has 3 N–H and O–H groups in total. The van der Waals surface area contributed by atoms with E-state index in [2.05, 4.69) is 26.1 Å². The SMILES string of the molecule is Cc1nnc(Nc2ccc(NC(=O)Nc3ccc(Cl)cc3)cc2)c2ccccc12. The van der Waals surface area contributed by atoms with Crippen molar-refractivity contribution >= 4 is 51.3 Å². The van der Waals surface area contributed by atoms with E-state index in [1.54, 1.807) is 24.3 Å². The molecular formula is C22H18ClN5O. The van der Waals surface area contributed by atoms with E-state index in [0.717, 1.165) is 22.2 Å². The van der Waals surface area contributed by atoms with Crippen molar-refractivity contribution in [2.24, 2.45) is 0 Å². The van der Waals surface area contributed by atoms with E-state index < -0.39 is 0 Å². The standard InChI is InChI=1S/C22H18ClN5O/c1-14-19-4-2-3-5-20(19)21(28-27-14)24-16-10-12-18(13-11-16)26-22(29)25-17-8-6-15(23)7-9-17/h2-13H,1H3,(H,24,28)(H2,25,26,29). The average molecular weight is 404 g/mol. The number of halogens is 1. The highest BCUT2D eigenvalue weighted by molar-refractivity contribution is 6.30. The molecule has 2 amide bonds. The van der Waals surface area contributed by atoms with Gasteiger partial charge in [-0.15, -0.1) is 5.10 Å². The molecule has 1 heterocycles. The molecule has 0 aliphatic carbocycles. The molecule has 6 nitrogen and oxygen atoms in total. The number of nitrogens with zero attached hydrogens (tertiary/aromatic N) is 2. The summed E-state index contributed by atoms with van der Waals surface area (Å²) in [5, 5.41) is 20.0. The predicted octanol–water partition coefficient (Wildman–Crippen LogP) is 5.98. The quantitative estimate of drug-likeness (QED) is 0.391. The third kappa shape index (κ3) is 4.44.